The zero-order valence-electron chi connectivity index (χ0n) is 18.2. The second-order valence-electron chi connectivity index (χ2n) is 7.87. The van der Waals surface area contributed by atoms with E-state index in [2.05, 4.69) is 10.9 Å². The Morgan fingerprint density at radius 2 is 1.68 bits per heavy atom. The summed E-state index contributed by atoms with van der Waals surface area (Å²) in [5, 5.41) is 0. The highest BCUT2D eigenvalue weighted by molar-refractivity contribution is 5.96. The standard InChI is InChI=1S/C24H29N3O4/c1-4-31-21-9-7-18(8-10-21)22(28)25-26-23(29)19-6-5-11-27(15-19)24(30)20-13-16(2)12-17(3)14-20/h7-10,12-14,19H,4-6,11,15H2,1-3H3,(H,25,28)(H,26,29)/t19-/m1/s1. The number of carbonyl (C=O) groups excluding carboxylic acids is 3. The molecule has 164 valence electrons. The van der Waals surface area contributed by atoms with E-state index in [0.29, 0.717) is 43.0 Å². The van der Waals surface area contributed by atoms with E-state index in [1.807, 2.05) is 39.0 Å². The van der Waals surface area contributed by atoms with Gasteiger partial charge in [-0.3, -0.25) is 25.2 Å². The van der Waals surface area contributed by atoms with Crippen LogP contribution in [0.15, 0.2) is 42.5 Å². The second kappa shape index (κ2) is 10.1. The molecule has 1 atom stereocenters. The van der Waals surface area contributed by atoms with E-state index in [-0.39, 0.29) is 17.7 Å². The monoisotopic (exact) mass is 423 g/mol. The summed E-state index contributed by atoms with van der Waals surface area (Å²) in [5.41, 5.74) is 8.08. The number of hydrazine groups is 1. The molecule has 0 unspecified atom stereocenters. The molecule has 3 amide bonds. The van der Waals surface area contributed by atoms with Crippen LogP contribution in [0.5, 0.6) is 5.75 Å². The van der Waals surface area contributed by atoms with Gasteiger partial charge in [-0.05, 0) is 70.0 Å². The minimum Gasteiger partial charge on any atom is -0.494 e. The maximum atomic E-state index is 12.9. The fourth-order valence-corrected chi connectivity index (χ4v) is 3.82. The zero-order chi connectivity index (χ0) is 22.4. The van der Waals surface area contributed by atoms with Crippen molar-refractivity contribution in [2.75, 3.05) is 19.7 Å². The van der Waals surface area contributed by atoms with Crippen LogP contribution in [0.4, 0.5) is 0 Å². The van der Waals surface area contributed by atoms with Gasteiger partial charge in [0.1, 0.15) is 5.75 Å². The van der Waals surface area contributed by atoms with E-state index in [1.54, 1.807) is 29.2 Å². The number of rotatable bonds is 5. The molecule has 1 aliphatic rings. The first-order chi connectivity index (χ1) is 14.9. The minimum atomic E-state index is -0.407. The first-order valence-corrected chi connectivity index (χ1v) is 10.6. The predicted octanol–water partition coefficient (Wildman–Crippen LogP) is 3.02. The molecule has 0 aliphatic carbocycles. The van der Waals surface area contributed by atoms with Crippen molar-refractivity contribution in [3.63, 3.8) is 0 Å². The van der Waals surface area contributed by atoms with Gasteiger partial charge in [0.2, 0.25) is 5.91 Å². The van der Waals surface area contributed by atoms with E-state index in [9.17, 15) is 14.4 Å². The van der Waals surface area contributed by atoms with Crippen molar-refractivity contribution >= 4 is 17.7 Å². The second-order valence-corrected chi connectivity index (χ2v) is 7.87. The van der Waals surface area contributed by atoms with E-state index in [0.717, 1.165) is 17.5 Å². The molecule has 1 aliphatic heterocycles. The summed E-state index contributed by atoms with van der Waals surface area (Å²) in [6.45, 7) is 7.31. The van der Waals surface area contributed by atoms with Crippen LogP contribution in [0.3, 0.4) is 0 Å². The maximum Gasteiger partial charge on any atom is 0.269 e. The van der Waals surface area contributed by atoms with Gasteiger partial charge in [0.15, 0.2) is 0 Å². The van der Waals surface area contributed by atoms with Crippen molar-refractivity contribution in [3.8, 4) is 5.75 Å². The van der Waals surface area contributed by atoms with Crippen molar-refractivity contribution in [1.82, 2.24) is 15.8 Å². The van der Waals surface area contributed by atoms with Gasteiger partial charge in [0.25, 0.3) is 11.8 Å². The number of benzene rings is 2. The van der Waals surface area contributed by atoms with Crippen molar-refractivity contribution < 1.29 is 19.1 Å². The highest BCUT2D eigenvalue weighted by atomic mass is 16.5. The molecule has 2 aromatic carbocycles. The highest BCUT2D eigenvalue weighted by Crippen LogP contribution is 2.20. The highest BCUT2D eigenvalue weighted by Gasteiger charge is 2.29. The number of likely N-dealkylation sites (tertiary alicyclic amines) is 1. The third-order valence-corrected chi connectivity index (χ3v) is 5.27. The molecule has 0 spiro atoms. The lowest BCUT2D eigenvalue weighted by atomic mass is 9.96. The number of aryl methyl sites for hydroxylation is 2. The van der Waals surface area contributed by atoms with Crippen LogP contribution < -0.4 is 15.6 Å². The van der Waals surface area contributed by atoms with E-state index in [1.165, 1.54) is 0 Å². The summed E-state index contributed by atoms with van der Waals surface area (Å²) in [5.74, 6) is -0.460. The third kappa shape index (κ3) is 5.84. The van der Waals surface area contributed by atoms with E-state index >= 15 is 0 Å². The Morgan fingerprint density at radius 1 is 1.00 bits per heavy atom. The van der Waals surface area contributed by atoms with Gasteiger partial charge in [0, 0.05) is 24.2 Å². The molecule has 1 heterocycles. The van der Waals surface area contributed by atoms with Crippen LogP contribution in [0, 0.1) is 19.8 Å². The summed E-state index contributed by atoms with van der Waals surface area (Å²) in [4.78, 5) is 39.5. The van der Waals surface area contributed by atoms with Gasteiger partial charge in [-0.15, -0.1) is 0 Å². The summed E-state index contributed by atoms with van der Waals surface area (Å²) < 4.78 is 5.36. The SMILES string of the molecule is CCOc1ccc(C(=O)NNC(=O)[C@@H]2CCCN(C(=O)c3cc(C)cc(C)c3)C2)cc1. The Balaban J connectivity index is 1.55. The molecular weight excluding hydrogens is 394 g/mol. The lowest BCUT2D eigenvalue weighted by Crippen LogP contribution is -2.50. The number of ether oxygens (including phenoxy) is 1. The molecule has 3 rings (SSSR count). The Morgan fingerprint density at radius 3 is 2.32 bits per heavy atom. The quantitative estimate of drug-likeness (QED) is 0.724. The summed E-state index contributed by atoms with van der Waals surface area (Å²) in [7, 11) is 0. The fraction of sp³-hybridized carbons (Fsp3) is 0.375. The molecule has 7 nitrogen and oxygen atoms in total. The Hall–Kier alpha value is -3.35. The van der Waals surface area contributed by atoms with Crippen molar-refractivity contribution in [1.29, 1.82) is 0 Å². The van der Waals surface area contributed by atoms with Crippen molar-refractivity contribution in [2.45, 2.75) is 33.6 Å². The van der Waals surface area contributed by atoms with Gasteiger partial charge in [-0.1, -0.05) is 17.2 Å². The van der Waals surface area contributed by atoms with Crippen LogP contribution in [-0.2, 0) is 4.79 Å². The Bertz CT molecular complexity index is 936. The molecule has 2 N–H and O–H groups in total. The summed E-state index contributed by atoms with van der Waals surface area (Å²) in [6, 6.07) is 12.5. The molecular formula is C24H29N3O4. The normalized spacial score (nSPS) is 15.8. The number of nitrogens with one attached hydrogen (secondary N) is 2. The largest absolute Gasteiger partial charge is 0.494 e. The summed E-state index contributed by atoms with van der Waals surface area (Å²) >= 11 is 0. The topological polar surface area (TPSA) is 87.7 Å². The number of nitrogens with zero attached hydrogens (tertiary/aromatic N) is 1. The number of carbonyl (C=O) groups is 3. The average molecular weight is 424 g/mol. The number of piperidine rings is 1. The van der Waals surface area contributed by atoms with Crippen LogP contribution in [-0.4, -0.2) is 42.3 Å². The van der Waals surface area contributed by atoms with Crippen molar-refractivity contribution in [3.05, 3.63) is 64.7 Å². The smallest absolute Gasteiger partial charge is 0.269 e. The van der Waals surface area contributed by atoms with Crippen LogP contribution in [0.2, 0.25) is 0 Å². The van der Waals surface area contributed by atoms with Crippen LogP contribution in [0.1, 0.15) is 51.6 Å². The van der Waals surface area contributed by atoms with E-state index in [4.69, 9.17) is 4.74 Å². The predicted molar refractivity (Wildman–Crippen MR) is 118 cm³/mol. The molecule has 1 saturated heterocycles. The van der Waals surface area contributed by atoms with Gasteiger partial charge in [0.05, 0.1) is 12.5 Å². The zero-order valence-corrected chi connectivity index (χ0v) is 18.2. The number of hydrogen-bond acceptors (Lipinski definition) is 4. The number of amides is 3. The Labute approximate surface area is 182 Å². The molecule has 0 radical (unpaired) electrons. The first-order valence-electron chi connectivity index (χ1n) is 10.6. The first kappa shape index (κ1) is 22.3. The van der Waals surface area contributed by atoms with Gasteiger partial charge in [-0.2, -0.15) is 0 Å². The third-order valence-electron chi connectivity index (χ3n) is 5.27. The lowest BCUT2D eigenvalue weighted by Gasteiger charge is -2.32. The molecule has 0 aromatic heterocycles. The molecule has 7 heteroatoms. The lowest BCUT2D eigenvalue weighted by molar-refractivity contribution is -0.127. The summed E-state index contributed by atoms with van der Waals surface area (Å²) in [6.07, 6.45) is 1.41. The fourth-order valence-electron chi connectivity index (χ4n) is 3.82. The van der Waals surface area contributed by atoms with E-state index < -0.39 is 5.91 Å². The molecule has 1 fully saturated rings. The Kier molecular flexibility index (Phi) is 7.28. The molecule has 31 heavy (non-hydrogen) atoms. The van der Waals surface area contributed by atoms with Gasteiger partial charge in [-0.25, -0.2) is 0 Å². The molecule has 0 saturated carbocycles. The minimum absolute atomic E-state index is 0.0669. The van der Waals surface area contributed by atoms with Crippen LogP contribution in [0.25, 0.3) is 0 Å². The van der Waals surface area contributed by atoms with Gasteiger partial charge < -0.3 is 9.64 Å². The van der Waals surface area contributed by atoms with Gasteiger partial charge >= 0.3 is 0 Å². The average Bonchev–Trinajstić information content (AvgIpc) is 2.77. The number of hydrogen-bond donors (Lipinski definition) is 2. The maximum absolute atomic E-state index is 12.9. The van der Waals surface area contributed by atoms with Crippen molar-refractivity contribution in [2.24, 2.45) is 5.92 Å². The molecule has 2 aromatic rings. The molecule has 0 bridgehead atoms. The van der Waals surface area contributed by atoms with Crippen LogP contribution >= 0.6 is 0 Å².